The Morgan fingerprint density at radius 1 is 1.05 bits per heavy atom. The van der Waals surface area contributed by atoms with Gasteiger partial charge in [-0.25, -0.2) is 0 Å². The number of nitrogens with one attached hydrogen (secondary N) is 1. The van der Waals surface area contributed by atoms with E-state index in [0.717, 1.165) is 37.7 Å². The van der Waals surface area contributed by atoms with Crippen LogP contribution in [0.2, 0.25) is 0 Å². The van der Waals surface area contributed by atoms with Gasteiger partial charge in [0.05, 0.1) is 17.6 Å². The number of carbonyl (C=O) groups is 2. The number of ether oxygens (including phenoxy) is 1. The molecule has 1 aromatic carbocycles. The second-order valence-electron chi connectivity index (χ2n) is 14.6. The van der Waals surface area contributed by atoms with Crippen molar-refractivity contribution in [2.75, 3.05) is 6.54 Å². The Kier molecular flexibility index (Phi) is 8.68. The fraction of sp³-hybridized carbons (Fsp3) is 0.714. The Labute approximate surface area is 243 Å². The van der Waals surface area contributed by atoms with Crippen LogP contribution in [-0.2, 0) is 20.9 Å². The van der Waals surface area contributed by atoms with E-state index in [2.05, 4.69) is 52.9 Å². The standard InChI is InChI=1S/C35H54N2O3/c1-9-10-23-36-30(39)32(5,6)37(25-27-15-12-11-13-16-27)29(38)24-33(7)21-22-35(40-33)26(2)17-18-28-31(3,4)19-14-20-34(28,35)8/h11-13,15-17,28H,9-10,14,18-25H2,1-8H3,(H,36,39)/t28-,33-,34-,35+/m0/s1. The maximum Gasteiger partial charge on any atom is 0.245 e. The first-order chi connectivity index (χ1) is 18.7. The number of hydrogen-bond donors (Lipinski definition) is 1. The van der Waals surface area contributed by atoms with Crippen molar-refractivity contribution in [3.63, 3.8) is 0 Å². The molecule has 1 saturated heterocycles. The maximum absolute atomic E-state index is 14.3. The number of rotatable bonds is 9. The molecule has 4 atom stereocenters. The summed E-state index contributed by atoms with van der Waals surface area (Å²) >= 11 is 0. The number of amides is 2. The van der Waals surface area contributed by atoms with E-state index >= 15 is 0 Å². The summed E-state index contributed by atoms with van der Waals surface area (Å²) in [6.45, 7) is 18.6. The average Bonchev–Trinajstić information content (AvgIpc) is 3.24. The van der Waals surface area contributed by atoms with E-state index in [1.807, 2.05) is 44.2 Å². The first-order valence-electron chi connectivity index (χ1n) is 15.7. The molecule has 5 heteroatoms. The van der Waals surface area contributed by atoms with Crippen LogP contribution in [0, 0.1) is 16.7 Å². The summed E-state index contributed by atoms with van der Waals surface area (Å²) in [5, 5.41) is 3.07. The first kappa shape index (κ1) is 30.8. The van der Waals surface area contributed by atoms with Gasteiger partial charge in [0.15, 0.2) is 0 Å². The molecule has 2 aliphatic carbocycles. The first-order valence-corrected chi connectivity index (χ1v) is 15.7. The zero-order valence-electron chi connectivity index (χ0n) is 26.5. The van der Waals surface area contributed by atoms with Gasteiger partial charge in [-0.3, -0.25) is 9.59 Å². The highest BCUT2D eigenvalue weighted by atomic mass is 16.5. The minimum atomic E-state index is -0.988. The Bertz CT molecular complexity index is 1110. The van der Waals surface area contributed by atoms with Crippen LogP contribution >= 0.6 is 0 Å². The zero-order chi connectivity index (χ0) is 29.4. The summed E-state index contributed by atoms with van der Waals surface area (Å²) in [6.07, 6.45) is 11.2. The Hall–Kier alpha value is -2.14. The van der Waals surface area contributed by atoms with E-state index in [1.165, 1.54) is 24.8 Å². The second-order valence-corrected chi connectivity index (χ2v) is 14.6. The SMILES string of the molecule is CCCCNC(=O)C(C)(C)N(Cc1ccccc1)C(=O)C[C@]1(C)CC[C@@]2(O1)C(C)=CC[C@H]1C(C)(C)CCC[C@@]12C. The van der Waals surface area contributed by atoms with Gasteiger partial charge in [-0.2, -0.15) is 0 Å². The van der Waals surface area contributed by atoms with Crippen LogP contribution < -0.4 is 5.32 Å². The normalized spacial score (nSPS) is 31.4. The summed E-state index contributed by atoms with van der Waals surface area (Å²) in [5.41, 5.74) is 0.788. The van der Waals surface area contributed by atoms with E-state index in [-0.39, 0.29) is 34.7 Å². The molecule has 1 saturated carbocycles. The smallest absolute Gasteiger partial charge is 0.245 e. The lowest BCUT2D eigenvalue weighted by Crippen LogP contribution is -2.60. The highest BCUT2D eigenvalue weighted by Gasteiger charge is 2.64. The fourth-order valence-corrected chi connectivity index (χ4v) is 8.36. The monoisotopic (exact) mass is 550 g/mol. The van der Waals surface area contributed by atoms with Crippen molar-refractivity contribution in [3.8, 4) is 0 Å². The molecule has 0 unspecified atom stereocenters. The highest BCUT2D eigenvalue weighted by molar-refractivity contribution is 5.91. The molecular formula is C35H54N2O3. The van der Waals surface area contributed by atoms with Gasteiger partial charge in [-0.1, -0.05) is 76.9 Å². The quantitative estimate of drug-likeness (QED) is 0.255. The van der Waals surface area contributed by atoms with Crippen LogP contribution in [0.5, 0.6) is 0 Å². The van der Waals surface area contributed by atoms with Crippen LogP contribution in [0.1, 0.15) is 119 Å². The van der Waals surface area contributed by atoms with Gasteiger partial charge in [0.25, 0.3) is 0 Å². The molecule has 0 aromatic heterocycles. The molecular weight excluding hydrogens is 496 g/mol. The van der Waals surface area contributed by atoms with Crippen molar-refractivity contribution in [1.82, 2.24) is 10.2 Å². The third-order valence-electron chi connectivity index (χ3n) is 10.9. The number of benzene rings is 1. The van der Waals surface area contributed by atoms with Crippen molar-refractivity contribution < 1.29 is 14.3 Å². The third kappa shape index (κ3) is 5.52. The van der Waals surface area contributed by atoms with Gasteiger partial charge in [0.2, 0.25) is 11.8 Å². The summed E-state index contributed by atoms with van der Waals surface area (Å²) in [4.78, 5) is 29.4. The number of hydrogen-bond acceptors (Lipinski definition) is 3. The van der Waals surface area contributed by atoms with Crippen molar-refractivity contribution in [2.45, 2.75) is 136 Å². The topological polar surface area (TPSA) is 58.6 Å². The lowest BCUT2D eigenvalue weighted by Gasteiger charge is -2.61. The van der Waals surface area contributed by atoms with Crippen LogP contribution in [-0.4, -0.2) is 40.0 Å². The summed E-state index contributed by atoms with van der Waals surface area (Å²) < 4.78 is 7.26. The van der Waals surface area contributed by atoms with Crippen molar-refractivity contribution in [3.05, 3.63) is 47.5 Å². The van der Waals surface area contributed by atoms with Gasteiger partial charge < -0.3 is 15.0 Å². The molecule has 40 heavy (non-hydrogen) atoms. The third-order valence-corrected chi connectivity index (χ3v) is 10.9. The number of fused-ring (bicyclic) bond motifs is 2. The molecule has 1 N–H and O–H groups in total. The van der Waals surface area contributed by atoms with Crippen LogP contribution in [0.15, 0.2) is 42.0 Å². The largest absolute Gasteiger partial charge is 0.363 e. The molecule has 1 aliphatic heterocycles. The van der Waals surface area contributed by atoms with Gasteiger partial charge >= 0.3 is 0 Å². The molecule has 0 radical (unpaired) electrons. The van der Waals surface area contributed by atoms with E-state index in [0.29, 0.717) is 19.0 Å². The van der Waals surface area contributed by atoms with Crippen LogP contribution in [0.25, 0.3) is 0 Å². The number of nitrogens with zero attached hydrogens (tertiary/aromatic N) is 1. The van der Waals surface area contributed by atoms with Gasteiger partial charge in [0, 0.05) is 18.5 Å². The average molecular weight is 551 g/mol. The van der Waals surface area contributed by atoms with Crippen LogP contribution in [0.3, 0.4) is 0 Å². The minimum absolute atomic E-state index is 0.0258. The van der Waals surface area contributed by atoms with E-state index in [1.54, 1.807) is 4.90 Å². The van der Waals surface area contributed by atoms with Gasteiger partial charge in [0.1, 0.15) is 5.54 Å². The van der Waals surface area contributed by atoms with Gasteiger partial charge in [-0.15, -0.1) is 0 Å². The van der Waals surface area contributed by atoms with E-state index in [4.69, 9.17) is 4.74 Å². The molecule has 4 rings (SSSR count). The minimum Gasteiger partial charge on any atom is -0.363 e. The predicted molar refractivity (Wildman–Crippen MR) is 163 cm³/mol. The molecule has 1 aromatic rings. The Morgan fingerprint density at radius 3 is 2.42 bits per heavy atom. The molecule has 1 heterocycles. The van der Waals surface area contributed by atoms with E-state index in [9.17, 15) is 9.59 Å². The maximum atomic E-state index is 14.3. The molecule has 0 bridgehead atoms. The molecule has 2 amide bonds. The van der Waals surface area contributed by atoms with E-state index < -0.39 is 11.1 Å². The molecule has 5 nitrogen and oxygen atoms in total. The summed E-state index contributed by atoms with van der Waals surface area (Å²) in [6, 6.07) is 9.99. The number of carbonyl (C=O) groups excluding carboxylic acids is 2. The van der Waals surface area contributed by atoms with Crippen molar-refractivity contribution in [1.29, 1.82) is 0 Å². The van der Waals surface area contributed by atoms with Crippen molar-refractivity contribution >= 4 is 11.8 Å². The van der Waals surface area contributed by atoms with Crippen LogP contribution in [0.4, 0.5) is 0 Å². The second kappa shape index (κ2) is 11.3. The lowest BCUT2D eigenvalue weighted by atomic mass is 9.46. The molecule has 222 valence electrons. The number of allylic oxidation sites excluding steroid dienone is 1. The molecule has 3 aliphatic rings. The van der Waals surface area contributed by atoms with Gasteiger partial charge in [-0.05, 0) is 88.7 Å². The molecule has 2 fully saturated rings. The summed E-state index contributed by atoms with van der Waals surface area (Å²) in [7, 11) is 0. The number of unbranched alkanes of at least 4 members (excludes halogenated alkanes) is 1. The zero-order valence-corrected chi connectivity index (χ0v) is 26.5. The summed E-state index contributed by atoms with van der Waals surface area (Å²) in [5.74, 6) is 0.433. The fourth-order valence-electron chi connectivity index (χ4n) is 8.36. The Morgan fingerprint density at radius 2 is 1.75 bits per heavy atom. The predicted octanol–water partition coefficient (Wildman–Crippen LogP) is 7.59. The Balaban J connectivity index is 1.60. The lowest BCUT2D eigenvalue weighted by molar-refractivity contribution is -0.193. The highest BCUT2D eigenvalue weighted by Crippen LogP contribution is 2.66. The van der Waals surface area contributed by atoms with Crippen molar-refractivity contribution in [2.24, 2.45) is 16.7 Å². The molecule has 1 spiro atoms.